The first-order valence-electron chi connectivity index (χ1n) is 12.8. The van der Waals surface area contributed by atoms with E-state index < -0.39 is 11.4 Å². The minimum absolute atomic E-state index is 0.224. The van der Waals surface area contributed by atoms with E-state index in [-0.39, 0.29) is 18.6 Å². The van der Waals surface area contributed by atoms with Crippen molar-refractivity contribution in [1.82, 2.24) is 4.90 Å². The monoisotopic (exact) mass is 512 g/mol. The SMILES string of the molecule is COC(=O)[C@@]1(C)C[C@@H](COc2ccc(-c3ccc(C#N)cc3)cc2)N(CCCCOc2ccccc2)C1=O. The molecule has 2 atom stereocenters. The molecular weight excluding hydrogens is 480 g/mol. The molecule has 1 fully saturated rings. The summed E-state index contributed by atoms with van der Waals surface area (Å²) in [5.41, 5.74) is 1.42. The summed E-state index contributed by atoms with van der Waals surface area (Å²) in [6, 6.07) is 26.6. The van der Waals surface area contributed by atoms with Gasteiger partial charge in [0, 0.05) is 6.54 Å². The van der Waals surface area contributed by atoms with E-state index in [2.05, 4.69) is 6.07 Å². The van der Waals surface area contributed by atoms with Crippen LogP contribution in [-0.2, 0) is 14.3 Å². The zero-order chi connectivity index (χ0) is 27.0. The Morgan fingerprint density at radius 1 is 0.947 bits per heavy atom. The van der Waals surface area contributed by atoms with E-state index in [4.69, 9.17) is 19.5 Å². The fourth-order valence-corrected chi connectivity index (χ4v) is 4.74. The smallest absolute Gasteiger partial charge is 0.321 e. The van der Waals surface area contributed by atoms with E-state index in [1.54, 1.807) is 24.0 Å². The van der Waals surface area contributed by atoms with Crippen molar-refractivity contribution in [3.8, 4) is 28.7 Å². The van der Waals surface area contributed by atoms with E-state index in [0.29, 0.717) is 30.9 Å². The van der Waals surface area contributed by atoms with Gasteiger partial charge in [-0.3, -0.25) is 9.59 Å². The van der Waals surface area contributed by atoms with Crippen LogP contribution < -0.4 is 9.47 Å². The predicted octanol–water partition coefficient (Wildman–Crippen LogP) is 5.24. The van der Waals surface area contributed by atoms with Crippen LogP contribution in [0.3, 0.4) is 0 Å². The molecular formula is C31H32N2O5. The molecule has 0 bridgehead atoms. The van der Waals surface area contributed by atoms with Crippen LogP contribution in [0.1, 0.15) is 31.7 Å². The van der Waals surface area contributed by atoms with Gasteiger partial charge < -0.3 is 19.1 Å². The van der Waals surface area contributed by atoms with Crippen LogP contribution in [0.25, 0.3) is 11.1 Å². The Kier molecular flexibility index (Phi) is 8.65. The number of rotatable bonds is 11. The fraction of sp³-hybridized carbons (Fsp3) is 0.323. The molecule has 38 heavy (non-hydrogen) atoms. The van der Waals surface area contributed by atoms with Crippen molar-refractivity contribution in [2.24, 2.45) is 5.41 Å². The number of likely N-dealkylation sites (tertiary alicyclic amines) is 1. The summed E-state index contributed by atoms with van der Waals surface area (Å²) in [4.78, 5) is 27.6. The lowest BCUT2D eigenvalue weighted by Gasteiger charge is -2.25. The van der Waals surface area contributed by atoms with E-state index in [1.165, 1.54) is 7.11 Å². The van der Waals surface area contributed by atoms with Gasteiger partial charge in [0.15, 0.2) is 0 Å². The third kappa shape index (κ3) is 6.15. The van der Waals surface area contributed by atoms with Crippen molar-refractivity contribution in [2.45, 2.75) is 32.2 Å². The second-order valence-corrected chi connectivity index (χ2v) is 9.57. The zero-order valence-corrected chi connectivity index (χ0v) is 21.8. The van der Waals surface area contributed by atoms with E-state index in [0.717, 1.165) is 29.7 Å². The van der Waals surface area contributed by atoms with Crippen LogP contribution >= 0.6 is 0 Å². The molecule has 3 aromatic rings. The number of benzene rings is 3. The van der Waals surface area contributed by atoms with Crippen LogP contribution in [0, 0.1) is 16.7 Å². The minimum Gasteiger partial charge on any atom is -0.494 e. The fourth-order valence-electron chi connectivity index (χ4n) is 4.74. The maximum atomic E-state index is 13.3. The zero-order valence-electron chi connectivity index (χ0n) is 21.8. The number of hydrogen-bond acceptors (Lipinski definition) is 6. The van der Waals surface area contributed by atoms with Gasteiger partial charge in [-0.15, -0.1) is 0 Å². The Hall–Kier alpha value is -4.31. The molecule has 7 heteroatoms. The van der Waals surface area contributed by atoms with Gasteiger partial charge in [-0.2, -0.15) is 5.26 Å². The van der Waals surface area contributed by atoms with E-state index in [1.807, 2.05) is 66.7 Å². The summed E-state index contributed by atoms with van der Waals surface area (Å²) in [5, 5.41) is 8.99. The highest BCUT2D eigenvalue weighted by Crippen LogP contribution is 2.37. The molecule has 1 aliphatic rings. The Labute approximate surface area is 223 Å². The van der Waals surface area contributed by atoms with Crippen molar-refractivity contribution in [1.29, 1.82) is 5.26 Å². The normalized spacial score (nSPS) is 18.6. The van der Waals surface area contributed by atoms with Gasteiger partial charge in [0.2, 0.25) is 5.91 Å². The maximum Gasteiger partial charge on any atom is 0.321 e. The number of hydrogen-bond donors (Lipinski definition) is 0. The topological polar surface area (TPSA) is 88.9 Å². The summed E-state index contributed by atoms with van der Waals surface area (Å²) in [7, 11) is 1.31. The molecule has 0 N–H and O–H groups in total. The number of unbranched alkanes of at least 4 members (excludes halogenated alkanes) is 1. The summed E-state index contributed by atoms with van der Waals surface area (Å²) in [6.45, 7) is 2.98. The van der Waals surface area contributed by atoms with Crippen LogP contribution in [-0.4, -0.2) is 49.7 Å². The molecule has 196 valence electrons. The number of nitriles is 1. The number of methoxy groups -OCH3 is 1. The van der Waals surface area contributed by atoms with Crippen molar-refractivity contribution in [3.63, 3.8) is 0 Å². The Balaban J connectivity index is 1.36. The van der Waals surface area contributed by atoms with Crippen LogP contribution in [0.2, 0.25) is 0 Å². The predicted molar refractivity (Wildman–Crippen MR) is 143 cm³/mol. The average molecular weight is 513 g/mol. The largest absolute Gasteiger partial charge is 0.494 e. The highest BCUT2D eigenvalue weighted by Gasteiger charge is 2.54. The second kappa shape index (κ2) is 12.3. The number of esters is 1. The van der Waals surface area contributed by atoms with Crippen molar-refractivity contribution in [3.05, 3.63) is 84.4 Å². The third-order valence-electron chi connectivity index (χ3n) is 6.90. The lowest BCUT2D eigenvalue weighted by Crippen LogP contribution is -2.41. The molecule has 1 saturated heterocycles. The highest BCUT2D eigenvalue weighted by molar-refractivity contribution is 6.04. The van der Waals surface area contributed by atoms with Gasteiger partial charge in [0.25, 0.3) is 0 Å². The third-order valence-corrected chi connectivity index (χ3v) is 6.90. The molecule has 0 radical (unpaired) electrons. The Bertz CT molecular complexity index is 1270. The number of para-hydroxylation sites is 1. The van der Waals surface area contributed by atoms with Crippen LogP contribution in [0.5, 0.6) is 11.5 Å². The molecule has 0 spiro atoms. The average Bonchev–Trinajstić information content (AvgIpc) is 3.21. The molecule has 0 saturated carbocycles. The lowest BCUT2D eigenvalue weighted by atomic mass is 9.87. The van der Waals surface area contributed by atoms with Crippen molar-refractivity contribution < 1.29 is 23.8 Å². The van der Waals surface area contributed by atoms with E-state index >= 15 is 0 Å². The molecule has 1 amide bonds. The van der Waals surface area contributed by atoms with Crippen molar-refractivity contribution in [2.75, 3.05) is 26.9 Å². The summed E-state index contributed by atoms with van der Waals surface area (Å²) < 4.78 is 16.8. The van der Waals surface area contributed by atoms with Gasteiger partial charge in [-0.1, -0.05) is 42.5 Å². The second-order valence-electron chi connectivity index (χ2n) is 9.57. The first-order valence-corrected chi connectivity index (χ1v) is 12.8. The number of amides is 1. The van der Waals surface area contributed by atoms with E-state index in [9.17, 15) is 9.59 Å². The molecule has 1 heterocycles. The molecule has 7 nitrogen and oxygen atoms in total. The minimum atomic E-state index is -1.22. The Morgan fingerprint density at radius 2 is 1.58 bits per heavy atom. The first-order chi connectivity index (χ1) is 18.4. The summed E-state index contributed by atoms with van der Waals surface area (Å²) in [6.07, 6.45) is 1.85. The maximum absolute atomic E-state index is 13.3. The molecule has 3 aromatic carbocycles. The highest BCUT2D eigenvalue weighted by atomic mass is 16.5. The van der Waals surface area contributed by atoms with Crippen LogP contribution in [0.4, 0.5) is 0 Å². The van der Waals surface area contributed by atoms with Gasteiger partial charge >= 0.3 is 5.97 Å². The van der Waals surface area contributed by atoms with Crippen LogP contribution in [0.15, 0.2) is 78.9 Å². The summed E-state index contributed by atoms with van der Waals surface area (Å²) >= 11 is 0. The molecule has 0 aromatic heterocycles. The Morgan fingerprint density at radius 3 is 2.21 bits per heavy atom. The molecule has 0 unspecified atom stereocenters. The van der Waals surface area contributed by atoms with Gasteiger partial charge in [0.1, 0.15) is 23.5 Å². The quantitative estimate of drug-likeness (QED) is 0.198. The molecule has 1 aliphatic heterocycles. The number of nitrogens with zero attached hydrogens (tertiary/aromatic N) is 2. The number of carbonyl (C=O) groups excluding carboxylic acids is 2. The number of carbonyl (C=O) groups is 2. The van der Waals surface area contributed by atoms with Crippen molar-refractivity contribution >= 4 is 11.9 Å². The van der Waals surface area contributed by atoms with Gasteiger partial charge in [-0.05, 0) is 73.7 Å². The lowest BCUT2D eigenvalue weighted by molar-refractivity contribution is -0.157. The number of ether oxygens (including phenoxy) is 3. The standard InChI is InChI=1S/C31H32N2O5/c1-31(30(35)36-2)20-26(33(29(31)34)18-6-7-19-37-27-8-4-3-5-9-27)22-38-28-16-14-25(15-17-28)24-12-10-23(21-32)11-13-24/h3-5,8-17,26H,6-7,18-20,22H2,1-2H3/t26-,31-/m0/s1. The van der Waals surface area contributed by atoms with Gasteiger partial charge in [0.05, 0.1) is 31.4 Å². The first kappa shape index (κ1) is 26.7. The molecule has 4 rings (SSSR count). The molecule has 0 aliphatic carbocycles. The van der Waals surface area contributed by atoms with Gasteiger partial charge in [-0.25, -0.2) is 0 Å². The summed E-state index contributed by atoms with van der Waals surface area (Å²) in [5.74, 6) is 0.754.